The first-order chi connectivity index (χ1) is 10.6. The number of hydrogen-bond donors (Lipinski definition) is 3. The molecule has 23 heavy (non-hydrogen) atoms. The highest BCUT2D eigenvalue weighted by atomic mass is 19.4. The maximum Gasteiger partial charge on any atom is 0.416 e. The second-order valence-electron chi connectivity index (χ2n) is 5.05. The average molecular weight is 335 g/mol. The SMILES string of the molecule is N=C(N=C(N)N1CCC(F)(F)C1)Nc1ccc(C(F)(F)F)cc1. The fourth-order valence-corrected chi connectivity index (χ4v) is 2.02. The molecule has 0 saturated carbocycles. The summed E-state index contributed by atoms with van der Waals surface area (Å²) in [6.07, 6.45) is -4.79. The van der Waals surface area contributed by atoms with E-state index in [-0.39, 0.29) is 24.6 Å². The summed E-state index contributed by atoms with van der Waals surface area (Å²) in [5.74, 6) is -3.55. The summed E-state index contributed by atoms with van der Waals surface area (Å²) in [6, 6.07) is 3.97. The van der Waals surface area contributed by atoms with Crippen LogP contribution in [0.1, 0.15) is 12.0 Å². The predicted molar refractivity (Wildman–Crippen MR) is 75.6 cm³/mol. The molecule has 0 spiro atoms. The first-order valence-corrected chi connectivity index (χ1v) is 6.57. The molecular formula is C13H14F5N5. The van der Waals surface area contributed by atoms with Crippen molar-refractivity contribution in [2.75, 3.05) is 18.4 Å². The van der Waals surface area contributed by atoms with Crippen molar-refractivity contribution in [2.45, 2.75) is 18.5 Å². The molecule has 0 aliphatic carbocycles. The Balaban J connectivity index is 1.98. The van der Waals surface area contributed by atoms with Crippen LogP contribution in [-0.4, -0.2) is 35.8 Å². The van der Waals surface area contributed by atoms with Crippen LogP contribution >= 0.6 is 0 Å². The van der Waals surface area contributed by atoms with E-state index in [1.807, 2.05) is 0 Å². The Kier molecular flexibility index (Phi) is 4.44. The first-order valence-electron chi connectivity index (χ1n) is 6.57. The van der Waals surface area contributed by atoms with Gasteiger partial charge in [-0.25, -0.2) is 8.78 Å². The summed E-state index contributed by atoms with van der Waals surface area (Å²) in [5.41, 5.74) is 4.93. The van der Waals surface area contributed by atoms with Crippen molar-refractivity contribution < 1.29 is 22.0 Å². The molecule has 1 aliphatic rings. The number of nitrogens with one attached hydrogen (secondary N) is 2. The van der Waals surface area contributed by atoms with Crippen LogP contribution in [0, 0.1) is 5.41 Å². The van der Waals surface area contributed by atoms with E-state index in [1.165, 1.54) is 0 Å². The maximum atomic E-state index is 13.1. The van der Waals surface area contributed by atoms with Crippen LogP contribution in [0.3, 0.4) is 0 Å². The fourth-order valence-electron chi connectivity index (χ4n) is 2.02. The van der Waals surface area contributed by atoms with Crippen LogP contribution in [0.25, 0.3) is 0 Å². The molecule has 4 N–H and O–H groups in total. The van der Waals surface area contributed by atoms with E-state index in [2.05, 4.69) is 10.3 Å². The van der Waals surface area contributed by atoms with Crippen molar-refractivity contribution in [2.24, 2.45) is 10.7 Å². The molecular weight excluding hydrogens is 321 g/mol. The Morgan fingerprint density at radius 1 is 1.26 bits per heavy atom. The summed E-state index contributed by atoms with van der Waals surface area (Å²) in [4.78, 5) is 4.77. The monoisotopic (exact) mass is 335 g/mol. The smallest absolute Gasteiger partial charge is 0.369 e. The van der Waals surface area contributed by atoms with Gasteiger partial charge in [-0.15, -0.1) is 0 Å². The summed E-state index contributed by atoms with van der Waals surface area (Å²) in [7, 11) is 0. The lowest BCUT2D eigenvalue weighted by Gasteiger charge is -2.17. The zero-order chi connectivity index (χ0) is 17.3. The van der Waals surface area contributed by atoms with Crippen molar-refractivity contribution in [3.63, 3.8) is 0 Å². The van der Waals surface area contributed by atoms with E-state index in [0.717, 1.165) is 29.2 Å². The Morgan fingerprint density at radius 3 is 2.35 bits per heavy atom. The van der Waals surface area contributed by atoms with Gasteiger partial charge >= 0.3 is 6.18 Å². The number of likely N-dealkylation sites (tertiary alicyclic amines) is 1. The molecule has 1 heterocycles. The van der Waals surface area contributed by atoms with Gasteiger partial charge in [0.2, 0.25) is 5.96 Å². The van der Waals surface area contributed by atoms with Crippen LogP contribution in [-0.2, 0) is 6.18 Å². The number of benzene rings is 1. The van der Waals surface area contributed by atoms with Crippen molar-refractivity contribution in [3.8, 4) is 0 Å². The lowest BCUT2D eigenvalue weighted by Crippen LogP contribution is -2.38. The molecule has 1 aliphatic heterocycles. The van der Waals surface area contributed by atoms with Crippen LogP contribution in [0.2, 0.25) is 0 Å². The molecule has 1 fully saturated rings. The molecule has 0 amide bonds. The lowest BCUT2D eigenvalue weighted by atomic mass is 10.2. The number of guanidine groups is 2. The van der Waals surface area contributed by atoms with Crippen LogP contribution in [0.5, 0.6) is 0 Å². The third kappa shape index (κ3) is 4.54. The molecule has 5 nitrogen and oxygen atoms in total. The minimum Gasteiger partial charge on any atom is -0.369 e. The van der Waals surface area contributed by atoms with Gasteiger partial charge in [0.25, 0.3) is 5.92 Å². The highest BCUT2D eigenvalue weighted by Gasteiger charge is 2.39. The van der Waals surface area contributed by atoms with Crippen molar-refractivity contribution in [1.82, 2.24) is 4.90 Å². The molecule has 2 rings (SSSR count). The van der Waals surface area contributed by atoms with E-state index < -0.39 is 30.2 Å². The molecule has 126 valence electrons. The van der Waals surface area contributed by atoms with Gasteiger partial charge < -0.3 is 16.0 Å². The van der Waals surface area contributed by atoms with Crippen LogP contribution < -0.4 is 11.1 Å². The number of anilines is 1. The van der Waals surface area contributed by atoms with E-state index in [4.69, 9.17) is 11.1 Å². The van der Waals surface area contributed by atoms with Gasteiger partial charge in [0.1, 0.15) is 0 Å². The molecule has 0 bridgehead atoms. The van der Waals surface area contributed by atoms with Gasteiger partial charge in [0.15, 0.2) is 5.96 Å². The third-order valence-electron chi connectivity index (χ3n) is 3.19. The number of rotatable bonds is 1. The van der Waals surface area contributed by atoms with Gasteiger partial charge in [-0.1, -0.05) is 0 Å². The molecule has 0 atom stereocenters. The van der Waals surface area contributed by atoms with E-state index >= 15 is 0 Å². The maximum absolute atomic E-state index is 13.1. The van der Waals surface area contributed by atoms with Gasteiger partial charge in [-0.2, -0.15) is 18.2 Å². The van der Waals surface area contributed by atoms with Crippen molar-refractivity contribution >= 4 is 17.6 Å². The molecule has 0 radical (unpaired) electrons. The Labute approximate surface area is 128 Å². The normalized spacial score (nSPS) is 18.1. The zero-order valence-corrected chi connectivity index (χ0v) is 11.8. The minimum atomic E-state index is -4.45. The Morgan fingerprint density at radius 2 is 1.87 bits per heavy atom. The first kappa shape index (κ1) is 17.0. The summed E-state index contributed by atoms with van der Waals surface area (Å²) in [6.45, 7) is -0.550. The highest BCUT2D eigenvalue weighted by Crippen LogP contribution is 2.30. The highest BCUT2D eigenvalue weighted by molar-refractivity contribution is 6.00. The standard InChI is InChI=1S/C13H14F5N5/c14-12(15)5-6-23(7-12)11(20)22-10(19)21-9-3-1-8(2-4-9)13(16,17)18/h1-4H,5-7H2,(H4,19,20,21,22). The number of nitrogens with zero attached hydrogens (tertiary/aromatic N) is 2. The Bertz CT molecular complexity index is 608. The number of halogens is 5. The van der Waals surface area contributed by atoms with Crippen LogP contribution in [0.15, 0.2) is 29.3 Å². The third-order valence-corrected chi connectivity index (χ3v) is 3.19. The van der Waals surface area contributed by atoms with Gasteiger partial charge in [0, 0.05) is 18.7 Å². The van der Waals surface area contributed by atoms with Crippen molar-refractivity contribution in [1.29, 1.82) is 5.41 Å². The number of nitrogens with two attached hydrogens (primary N) is 1. The zero-order valence-electron chi connectivity index (χ0n) is 11.8. The fraction of sp³-hybridized carbons (Fsp3) is 0.385. The number of hydrogen-bond acceptors (Lipinski definition) is 1. The second kappa shape index (κ2) is 6.01. The second-order valence-corrected chi connectivity index (χ2v) is 5.05. The Hall–Kier alpha value is -2.39. The van der Waals surface area contributed by atoms with Crippen LogP contribution in [0.4, 0.5) is 27.6 Å². The topological polar surface area (TPSA) is 77.5 Å². The molecule has 10 heteroatoms. The summed E-state index contributed by atoms with van der Waals surface area (Å²) >= 11 is 0. The minimum absolute atomic E-state index is 0.0237. The molecule has 1 aromatic rings. The largest absolute Gasteiger partial charge is 0.416 e. The van der Waals surface area contributed by atoms with E-state index in [1.54, 1.807) is 0 Å². The van der Waals surface area contributed by atoms with Crippen molar-refractivity contribution in [3.05, 3.63) is 29.8 Å². The van der Waals surface area contributed by atoms with E-state index in [9.17, 15) is 22.0 Å². The van der Waals surface area contributed by atoms with Gasteiger partial charge in [-0.05, 0) is 24.3 Å². The van der Waals surface area contributed by atoms with Gasteiger partial charge in [0.05, 0.1) is 12.1 Å². The molecule has 1 aromatic carbocycles. The summed E-state index contributed by atoms with van der Waals surface area (Å²) < 4.78 is 63.4. The lowest BCUT2D eigenvalue weighted by molar-refractivity contribution is -0.137. The predicted octanol–water partition coefficient (Wildman–Crippen LogP) is 2.71. The quantitative estimate of drug-likeness (QED) is 0.419. The molecule has 0 unspecified atom stereocenters. The number of alkyl halides is 5. The molecule has 1 saturated heterocycles. The van der Waals surface area contributed by atoms with Gasteiger partial charge in [-0.3, -0.25) is 5.41 Å². The summed E-state index contributed by atoms with van der Waals surface area (Å²) in [5, 5.41) is 10.0. The average Bonchev–Trinajstić information content (AvgIpc) is 2.78. The number of aliphatic imine (C=N–C) groups is 1. The van der Waals surface area contributed by atoms with E-state index in [0.29, 0.717) is 0 Å². The molecule has 0 aromatic heterocycles.